The minimum absolute atomic E-state index is 0.0721. The average molecular weight is 439 g/mol. The first-order chi connectivity index (χ1) is 15.1. The van der Waals surface area contributed by atoms with Gasteiger partial charge in [-0.3, -0.25) is 9.36 Å². The average Bonchev–Trinajstić information content (AvgIpc) is 3.42. The van der Waals surface area contributed by atoms with Crippen LogP contribution in [-0.4, -0.2) is 31.6 Å². The summed E-state index contributed by atoms with van der Waals surface area (Å²) in [5, 5.41) is 8.69. The number of para-hydroxylation sites is 2. The van der Waals surface area contributed by atoms with Gasteiger partial charge in [-0.05, 0) is 37.1 Å². The summed E-state index contributed by atoms with van der Waals surface area (Å²) < 4.78 is 12.5. The zero-order valence-electron chi connectivity index (χ0n) is 16.5. The molecule has 158 valence electrons. The number of hydrogen-bond acceptors (Lipinski definition) is 6. The number of rotatable bonds is 7. The van der Waals surface area contributed by atoms with Gasteiger partial charge >= 0.3 is 5.76 Å². The summed E-state index contributed by atoms with van der Waals surface area (Å²) in [4.78, 5) is 26.9. The number of hydrogen-bond donors (Lipinski definition) is 0. The number of aryl methyl sites for hydroxylation is 1. The molecule has 1 amide bonds. The first kappa shape index (κ1) is 19.6. The van der Waals surface area contributed by atoms with Crippen LogP contribution in [0.1, 0.15) is 25.2 Å². The molecule has 8 nitrogen and oxygen atoms in total. The molecule has 0 radical (unpaired) electrons. The Morgan fingerprint density at radius 1 is 1.10 bits per heavy atom. The van der Waals surface area contributed by atoms with Gasteiger partial charge in [0.15, 0.2) is 5.58 Å². The van der Waals surface area contributed by atoms with Crippen molar-refractivity contribution in [3.63, 3.8) is 0 Å². The van der Waals surface area contributed by atoms with Gasteiger partial charge in [-0.25, -0.2) is 4.79 Å². The summed E-state index contributed by atoms with van der Waals surface area (Å²) in [5.74, 6) is 0.131. The molecule has 4 aromatic rings. The second-order valence-corrected chi connectivity index (χ2v) is 7.88. The first-order valence-electron chi connectivity index (χ1n) is 10.1. The Balaban J connectivity index is 1.30. The van der Waals surface area contributed by atoms with Gasteiger partial charge in [0, 0.05) is 19.0 Å². The standard InChI is InChI=1S/C22H19ClN4O4/c23-16-6-2-1-5-15(16)21-25-24-19(31-21)13-27(14-9-10-14)20(28)11-12-26-17-7-3-4-8-18(17)30-22(26)29/h1-8,14H,9-13H2. The van der Waals surface area contributed by atoms with Gasteiger partial charge < -0.3 is 13.7 Å². The van der Waals surface area contributed by atoms with E-state index in [0.717, 1.165) is 12.8 Å². The fourth-order valence-corrected chi connectivity index (χ4v) is 3.81. The molecule has 2 heterocycles. The van der Waals surface area contributed by atoms with Gasteiger partial charge in [0.05, 0.1) is 22.6 Å². The van der Waals surface area contributed by atoms with E-state index >= 15 is 0 Å². The van der Waals surface area contributed by atoms with E-state index in [1.54, 1.807) is 35.2 Å². The maximum atomic E-state index is 13.0. The number of oxazole rings is 1. The van der Waals surface area contributed by atoms with E-state index in [1.165, 1.54) is 4.57 Å². The minimum Gasteiger partial charge on any atom is -0.419 e. The van der Waals surface area contributed by atoms with Crippen molar-refractivity contribution < 1.29 is 13.6 Å². The smallest absolute Gasteiger partial charge is 0.419 e. The Kier molecular flexibility index (Phi) is 5.07. The molecule has 2 aromatic carbocycles. The number of fused-ring (bicyclic) bond motifs is 1. The minimum atomic E-state index is -0.465. The molecule has 1 aliphatic rings. The third-order valence-electron chi connectivity index (χ3n) is 5.31. The van der Waals surface area contributed by atoms with Crippen LogP contribution in [0.15, 0.2) is 62.2 Å². The SMILES string of the molecule is O=C(CCn1c(=O)oc2ccccc21)N(Cc1nnc(-c2ccccc2Cl)o1)C1CC1. The molecular weight excluding hydrogens is 420 g/mol. The second kappa shape index (κ2) is 8.03. The molecule has 0 spiro atoms. The predicted octanol–water partition coefficient (Wildman–Crippen LogP) is 3.88. The highest BCUT2D eigenvalue weighted by atomic mass is 35.5. The number of aromatic nitrogens is 3. The Bertz CT molecular complexity index is 1300. The largest absolute Gasteiger partial charge is 0.419 e. The van der Waals surface area contributed by atoms with Crippen LogP contribution in [0.2, 0.25) is 5.02 Å². The lowest BCUT2D eigenvalue weighted by Crippen LogP contribution is -2.33. The molecule has 0 aliphatic heterocycles. The van der Waals surface area contributed by atoms with Gasteiger partial charge in [-0.2, -0.15) is 0 Å². The zero-order chi connectivity index (χ0) is 21.4. The van der Waals surface area contributed by atoms with Crippen LogP contribution < -0.4 is 5.76 Å². The van der Waals surface area contributed by atoms with Crippen molar-refractivity contribution in [1.29, 1.82) is 0 Å². The molecule has 0 saturated heterocycles. The van der Waals surface area contributed by atoms with Crippen molar-refractivity contribution in [1.82, 2.24) is 19.7 Å². The lowest BCUT2D eigenvalue weighted by atomic mass is 10.2. The summed E-state index contributed by atoms with van der Waals surface area (Å²) in [6.45, 7) is 0.467. The predicted molar refractivity (Wildman–Crippen MR) is 113 cm³/mol. The van der Waals surface area contributed by atoms with Crippen LogP contribution in [0.5, 0.6) is 0 Å². The van der Waals surface area contributed by atoms with E-state index in [4.69, 9.17) is 20.4 Å². The van der Waals surface area contributed by atoms with Gasteiger partial charge in [-0.1, -0.05) is 35.9 Å². The number of nitrogens with zero attached hydrogens (tertiary/aromatic N) is 4. The number of carbonyl (C=O) groups excluding carboxylic acids is 1. The third-order valence-corrected chi connectivity index (χ3v) is 5.64. The van der Waals surface area contributed by atoms with Crippen molar-refractivity contribution in [3.05, 3.63) is 70.0 Å². The maximum Gasteiger partial charge on any atom is 0.419 e. The number of carbonyl (C=O) groups is 1. The molecule has 2 aromatic heterocycles. The van der Waals surface area contributed by atoms with Crippen LogP contribution in [0.4, 0.5) is 0 Å². The van der Waals surface area contributed by atoms with Crippen molar-refractivity contribution in [3.8, 4) is 11.5 Å². The van der Waals surface area contributed by atoms with Crippen LogP contribution in [0.25, 0.3) is 22.6 Å². The van der Waals surface area contributed by atoms with E-state index < -0.39 is 5.76 Å². The van der Waals surface area contributed by atoms with Crippen LogP contribution in [-0.2, 0) is 17.9 Å². The summed E-state index contributed by atoms with van der Waals surface area (Å²) in [7, 11) is 0. The number of halogens is 1. The fourth-order valence-electron chi connectivity index (χ4n) is 3.59. The lowest BCUT2D eigenvalue weighted by molar-refractivity contribution is -0.133. The number of amides is 1. The molecule has 0 N–H and O–H groups in total. The highest BCUT2D eigenvalue weighted by Gasteiger charge is 2.33. The van der Waals surface area contributed by atoms with Gasteiger partial charge in [-0.15, -0.1) is 10.2 Å². The van der Waals surface area contributed by atoms with Crippen molar-refractivity contribution in [2.75, 3.05) is 0 Å². The summed E-state index contributed by atoms with van der Waals surface area (Å²) in [5.41, 5.74) is 1.84. The van der Waals surface area contributed by atoms with Crippen LogP contribution in [0.3, 0.4) is 0 Å². The molecule has 5 rings (SSSR count). The highest BCUT2D eigenvalue weighted by Crippen LogP contribution is 2.30. The van der Waals surface area contributed by atoms with Gasteiger partial charge in [0.2, 0.25) is 17.7 Å². The quantitative estimate of drug-likeness (QED) is 0.434. The topological polar surface area (TPSA) is 94.4 Å². The molecule has 0 unspecified atom stereocenters. The second-order valence-electron chi connectivity index (χ2n) is 7.47. The normalized spacial score (nSPS) is 13.6. The van der Waals surface area contributed by atoms with Crippen molar-refractivity contribution in [2.45, 2.75) is 38.4 Å². The summed E-state index contributed by atoms with van der Waals surface area (Å²) in [6, 6.07) is 14.5. The Morgan fingerprint density at radius 3 is 2.68 bits per heavy atom. The molecular formula is C22H19ClN4O4. The lowest BCUT2D eigenvalue weighted by Gasteiger charge is -2.20. The third kappa shape index (κ3) is 3.98. The van der Waals surface area contributed by atoms with E-state index in [0.29, 0.717) is 33.5 Å². The monoisotopic (exact) mass is 438 g/mol. The Hall–Kier alpha value is -3.39. The van der Waals surface area contributed by atoms with E-state index in [-0.39, 0.29) is 31.5 Å². The van der Waals surface area contributed by atoms with Gasteiger partial charge in [0.25, 0.3) is 0 Å². The van der Waals surface area contributed by atoms with Crippen LogP contribution in [0, 0.1) is 0 Å². The van der Waals surface area contributed by atoms with Crippen LogP contribution >= 0.6 is 11.6 Å². The molecule has 1 saturated carbocycles. The number of benzene rings is 2. The van der Waals surface area contributed by atoms with Gasteiger partial charge in [0.1, 0.15) is 0 Å². The highest BCUT2D eigenvalue weighted by molar-refractivity contribution is 6.33. The molecule has 31 heavy (non-hydrogen) atoms. The zero-order valence-corrected chi connectivity index (χ0v) is 17.3. The molecule has 0 atom stereocenters. The molecule has 0 bridgehead atoms. The molecule has 1 aliphatic carbocycles. The van der Waals surface area contributed by atoms with E-state index in [2.05, 4.69) is 10.2 Å². The van der Waals surface area contributed by atoms with E-state index in [1.807, 2.05) is 18.2 Å². The summed E-state index contributed by atoms with van der Waals surface area (Å²) in [6.07, 6.45) is 2.04. The van der Waals surface area contributed by atoms with Crippen molar-refractivity contribution in [2.24, 2.45) is 0 Å². The summed E-state index contributed by atoms with van der Waals surface area (Å²) >= 11 is 6.20. The first-order valence-corrected chi connectivity index (χ1v) is 10.4. The molecule has 1 fully saturated rings. The Labute approximate surface area is 182 Å². The fraction of sp³-hybridized carbons (Fsp3) is 0.273. The molecule has 9 heteroatoms. The maximum absolute atomic E-state index is 13.0. The van der Waals surface area contributed by atoms with E-state index in [9.17, 15) is 9.59 Å². The Morgan fingerprint density at radius 2 is 1.87 bits per heavy atom. The van der Waals surface area contributed by atoms with Crippen molar-refractivity contribution >= 4 is 28.6 Å².